The summed E-state index contributed by atoms with van der Waals surface area (Å²) in [5.41, 5.74) is 1.83. The first-order valence-electron chi connectivity index (χ1n) is 7.37. The normalized spacial score (nSPS) is 17.4. The lowest BCUT2D eigenvalue weighted by Gasteiger charge is -2.22. The molecule has 0 aliphatic carbocycles. The third kappa shape index (κ3) is 2.39. The zero-order valence-electron chi connectivity index (χ0n) is 12.2. The van der Waals surface area contributed by atoms with Gasteiger partial charge in [0.05, 0.1) is 15.2 Å². The van der Waals surface area contributed by atoms with E-state index >= 15 is 0 Å². The highest BCUT2D eigenvalue weighted by atomic mass is 32.1. The number of thiazole rings is 1. The minimum atomic E-state index is -0.00575. The molecule has 1 N–H and O–H groups in total. The summed E-state index contributed by atoms with van der Waals surface area (Å²) in [6.45, 7) is 2.85. The molecule has 4 rings (SSSR count). The number of fused-ring (bicyclic) bond motifs is 2. The van der Waals surface area contributed by atoms with Gasteiger partial charge in [-0.1, -0.05) is 0 Å². The van der Waals surface area contributed by atoms with Crippen LogP contribution in [0.2, 0.25) is 0 Å². The number of hydrogen-bond acceptors (Lipinski definition) is 4. The number of aromatic nitrogens is 3. The van der Waals surface area contributed by atoms with Crippen LogP contribution in [0.3, 0.4) is 0 Å². The highest BCUT2D eigenvalue weighted by Gasteiger charge is 2.25. The number of benzene rings is 1. The Balaban J connectivity index is 1.51. The van der Waals surface area contributed by atoms with Crippen molar-refractivity contribution in [3.63, 3.8) is 0 Å². The van der Waals surface area contributed by atoms with Gasteiger partial charge in [-0.25, -0.2) is 9.97 Å². The molecule has 0 saturated carbocycles. The van der Waals surface area contributed by atoms with E-state index in [9.17, 15) is 4.79 Å². The van der Waals surface area contributed by atoms with Gasteiger partial charge in [0.15, 0.2) is 0 Å². The molecule has 3 heterocycles. The molecular formula is C16H16N4OS. The minimum Gasteiger partial charge on any atom is -0.335 e. The summed E-state index contributed by atoms with van der Waals surface area (Å²) in [6.07, 6.45) is 5.34. The Bertz CT molecular complexity index is 851. The maximum atomic E-state index is 12.5. The van der Waals surface area contributed by atoms with Crippen molar-refractivity contribution in [2.75, 3.05) is 5.32 Å². The predicted molar refractivity (Wildman–Crippen MR) is 87.0 cm³/mol. The maximum Gasteiger partial charge on any atom is 0.228 e. The fraction of sp³-hybridized carbons (Fsp3) is 0.312. The molecule has 0 spiro atoms. The minimum absolute atomic E-state index is 0.00575. The van der Waals surface area contributed by atoms with Crippen LogP contribution in [-0.2, 0) is 17.8 Å². The fourth-order valence-corrected chi connectivity index (χ4v) is 3.80. The summed E-state index contributed by atoms with van der Waals surface area (Å²) < 4.78 is 3.23. The van der Waals surface area contributed by atoms with Crippen molar-refractivity contribution in [3.8, 4) is 0 Å². The van der Waals surface area contributed by atoms with Gasteiger partial charge in [0.1, 0.15) is 5.82 Å². The molecule has 0 bridgehead atoms. The van der Waals surface area contributed by atoms with E-state index in [-0.39, 0.29) is 11.8 Å². The molecule has 2 aromatic heterocycles. The number of nitrogens with zero attached hydrogens (tertiary/aromatic N) is 3. The van der Waals surface area contributed by atoms with Crippen LogP contribution in [0.15, 0.2) is 30.6 Å². The molecule has 0 radical (unpaired) electrons. The first-order chi connectivity index (χ1) is 10.7. The van der Waals surface area contributed by atoms with Crippen LogP contribution in [-0.4, -0.2) is 20.4 Å². The van der Waals surface area contributed by atoms with Crippen molar-refractivity contribution in [3.05, 3.63) is 41.4 Å². The van der Waals surface area contributed by atoms with E-state index in [4.69, 9.17) is 0 Å². The van der Waals surface area contributed by atoms with E-state index in [0.29, 0.717) is 6.42 Å². The molecule has 22 heavy (non-hydrogen) atoms. The highest BCUT2D eigenvalue weighted by Crippen LogP contribution is 2.26. The Labute approximate surface area is 132 Å². The summed E-state index contributed by atoms with van der Waals surface area (Å²) in [6, 6.07) is 5.88. The summed E-state index contributed by atoms with van der Waals surface area (Å²) in [7, 11) is 0. The lowest BCUT2D eigenvalue weighted by Crippen LogP contribution is -2.30. The molecule has 3 aromatic rings. The van der Waals surface area contributed by atoms with Crippen molar-refractivity contribution in [2.45, 2.75) is 26.3 Å². The number of imidazole rings is 1. The average Bonchev–Trinajstić information content (AvgIpc) is 3.10. The molecule has 1 aromatic carbocycles. The molecular weight excluding hydrogens is 296 g/mol. The lowest BCUT2D eigenvalue weighted by molar-refractivity contribution is -0.120. The lowest BCUT2D eigenvalue weighted by atomic mass is 9.97. The van der Waals surface area contributed by atoms with Crippen molar-refractivity contribution in [1.82, 2.24) is 14.5 Å². The van der Waals surface area contributed by atoms with Gasteiger partial charge < -0.3 is 9.88 Å². The Morgan fingerprint density at radius 1 is 1.45 bits per heavy atom. The van der Waals surface area contributed by atoms with Gasteiger partial charge in [0, 0.05) is 37.0 Å². The van der Waals surface area contributed by atoms with Gasteiger partial charge in [-0.3, -0.25) is 4.79 Å². The topological polar surface area (TPSA) is 59.8 Å². The van der Waals surface area contributed by atoms with E-state index in [1.54, 1.807) is 17.5 Å². The number of hydrogen-bond donors (Lipinski definition) is 1. The second kappa shape index (κ2) is 5.21. The third-order valence-electron chi connectivity index (χ3n) is 4.08. The zero-order chi connectivity index (χ0) is 15.1. The number of aryl methyl sites for hydroxylation is 2. The van der Waals surface area contributed by atoms with Gasteiger partial charge >= 0.3 is 0 Å². The summed E-state index contributed by atoms with van der Waals surface area (Å²) in [4.78, 5) is 21.2. The SMILES string of the molecule is Cc1nc2ccc(NC(=O)C3CCn4ccnc4C3)cc2s1. The molecule has 0 saturated heterocycles. The van der Waals surface area contributed by atoms with Crippen LogP contribution in [0.5, 0.6) is 0 Å². The molecule has 1 aliphatic heterocycles. The van der Waals surface area contributed by atoms with E-state index in [2.05, 4.69) is 19.9 Å². The second-order valence-electron chi connectivity index (χ2n) is 5.63. The van der Waals surface area contributed by atoms with Crippen molar-refractivity contribution in [1.29, 1.82) is 0 Å². The predicted octanol–water partition coefficient (Wildman–Crippen LogP) is 3.00. The summed E-state index contributed by atoms with van der Waals surface area (Å²) >= 11 is 1.65. The van der Waals surface area contributed by atoms with Crippen LogP contribution in [0.1, 0.15) is 17.3 Å². The van der Waals surface area contributed by atoms with Crippen LogP contribution >= 0.6 is 11.3 Å². The average molecular weight is 312 g/mol. The molecule has 1 amide bonds. The Kier molecular flexibility index (Phi) is 3.18. The molecule has 5 nitrogen and oxygen atoms in total. The summed E-state index contributed by atoms with van der Waals surface area (Å²) in [5.74, 6) is 1.07. The maximum absolute atomic E-state index is 12.5. The van der Waals surface area contributed by atoms with E-state index in [1.807, 2.05) is 31.3 Å². The van der Waals surface area contributed by atoms with Crippen molar-refractivity contribution in [2.24, 2.45) is 5.92 Å². The number of carbonyl (C=O) groups is 1. The smallest absolute Gasteiger partial charge is 0.228 e. The van der Waals surface area contributed by atoms with Crippen LogP contribution in [0, 0.1) is 12.8 Å². The Morgan fingerprint density at radius 2 is 2.36 bits per heavy atom. The fourth-order valence-electron chi connectivity index (χ4n) is 2.94. The second-order valence-corrected chi connectivity index (χ2v) is 6.87. The van der Waals surface area contributed by atoms with Gasteiger partial charge in [0.2, 0.25) is 5.91 Å². The largest absolute Gasteiger partial charge is 0.335 e. The number of rotatable bonds is 2. The molecule has 6 heteroatoms. The van der Waals surface area contributed by atoms with Crippen LogP contribution in [0.4, 0.5) is 5.69 Å². The molecule has 112 valence electrons. The van der Waals surface area contributed by atoms with Gasteiger partial charge in [-0.2, -0.15) is 0 Å². The Hall–Kier alpha value is -2.21. The first-order valence-corrected chi connectivity index (χ1v) is 8.19. The number of amides is 1. The Morgan fingerprint density at radius 3 is 3.27 bits per heavy atom. The summed E-state index contributed by atoms with van der Waals surface area (Å²) in [5, 5.41) is 4.08. The number of nitrogens with one attached hydrogen (secondary N) is 1. The standard InChI is InChI=1S/C16H16N4OS/c1-10-18-13-3-2-12(9-14(13)22-10)19-16(21)11-4-6-20-7-5-17-15(20)8-11/h2-3,5,7,9,11H,4,6,8H2,1H3,(H,19,21). The first kappa shape index (κ1) is 13.5. The van der Waals surface area contributed by atoms with Crippen LogP contribution in [0.25, 0.3) is 10.2 Å². The quantitative estimate of drug-likeness (QED) is 0.791. The number of carbonyl (C=O) groups excluding carboxylic acids is 1. The highest BCUT2D eigenvalue weighted by molar-refractivity contribution is 7.18. The molecule has 0 fully saturated rings. The van der Waals surface area contributed by atoms with Gasteiger partial charge in [-0.05, 0) is 31.5 Å². The number of anilines is 1. The monoisotopic (exact) mass is 312 g/mol. The third-order valence-corrected chi connectivity index (χ3v) is 5.02. The van der Waals surface area contributed by atoms with Crippen molar-refractivity contribution >= 4 is 33.1 Å². The molecule has 1 unspecified atom stereocenters. The van der Waals surface area contributed by atoms with Crippen molar-refractivity contribution < 1.29 is 4.79 Å². The van der Waals surface area contributed by atoms with E-state index in [0.717, 1.165) is 39.7 Å². The van der Waals surface area contributed by atoms with Crippen LogP contribution < -0.4 is 5.32 Å². The van der Waals surface area contributed by atoms with E-state index in [1.165, 1.54) is 0 Å². The van der Waals surface area contributed by atoms with Gasteiger partial charge in [-0.15, -0.1) is 11.3 Å². The van der Waals surface area contributed by atoms with E-state index < -0.39 is 0 Å². The molecule has 1 aliphatic rings. The van der Waals surface area contributed by atoms with Gasteiger partial charge in [0.25, 0.3) is 0 Å². The molecule has 1 atom stereocenters. The zero-order valence-corrected chi connectivity index (χ0v) is 13.1.